The van der Waals surface area contributed by atoms with Crippen molar-refractivity contribution >= 4 is 11.6 Å². The molecule has 0 aromatic heterocycles. The van der Waals surface area contributed by atoms with E-state index in [0.29, 0.717) is 5.02 Å². The molecule has 3 atom stereocenters. The average Bonchev–Trinajstić information content (AvgIpc) is 3.20. The van der Waals surface area contributed by atoms with Gasteiger partial charge in [0, 0.05) is 30.2 Å². The Morgan fingerprint density at radius 2 is 2.04 bits per heavy atom. The van der Waals surface area contributed by atoms with Crippen LogP contribution in [0.4, 0.5) is 0 Å². The fraction of sp³-hybridized carbons (Fsp3) is 0.600. The summed E-state index contributed by atoms with van der Waals surface area (Å²) in [5, 5.41) is 11.8. The second-order valence-corrected chi connectivity index (χ2v) is 8.15. The maximum Gasteiger partial charge on any atom is 0.125 e. The van der Waals surface area contributed by atoms with Crippen LogP contribution in [0, 0.1) is 17.8 Å². The molecule has 1 N–H and O–H groups in total. The van der Waals surface area contributed by atoms with Crippen LogP contribution in [-0.2, 0) is 5.60 Å². The molecule has 1 aromatic carbocycles. The van der Waals surface area contributed by atoms with Gasteiger partial charge in [-0.1, -0.05) is 23.8 Å². The number of rotatable bonds is 4. The van der Waals surface area contributed by atoms with Crippen molar-refractivity contribution in [3.05, 3.63) is 40.9 Å². The lowest BCUT2D eigenvalue weighted by molar-refractivity contribution is -0.0309. The lowest BCUT2D eigenvalue weighted by atomic mass is 9.83. The topological polar surface area (TPSA) is 32.7 Å². The SMILES string of the molecule is COc1ccc(Cl)cc1C1(O)CCN(C[C@H]2C[C@H]3C=C[C@H]2C3)CC1. The second-order valence-electron chi connectivity index (χ2n) is 7.72. The molecule has 1 aromatic rings. The van der Waals surface area contributed by atoms with Crippen LogP contribution in [0.2, 0.25) is 5.02 Å². The van der Waals surface area contributed by atoms with Crippen molar-refractivity contribution in [2.45, 2.75) is 31.3 Å². The van der Waals surface area contributed by atoms with E-state index in [1.165, 1.54) is 19.4 Å². The number of hydrogen-bond donors (Lipinski definition) is 1. The van der Waals surface area contributed by atoms with Crippen molar-refractivity contribution in [2.75, 3.05) is 26.7 Å². The molecule has 1 saturated carbocycles. The third kappa shape index (κ3) is 2.98. The fourth-order valence-electron chi connectivity index (χ4n) is 4.85. The molecule has 3 aliphatic rings. The van der Waals surface area contributed by atoms with Crippen molar-refractivity contribution in [3.8, 4) is 5.75 Å². The van der Waals surface area contributed by atoms with Gasteiger partial charge in [-0.05, 0) is 61.6 Å². The lowest BCUT2D eigenvalue weighted by Gasteiger charge is -2.40. The first-order valence-corrected chi connectivity index (χ1v) is 9.42. The molecule has 3 nitrogen and oxygen atoms in total. The average molecular weight is 348 g/mol. The third-order valence-corrected chi connectivity index (χ3v) is 6.49. The van der Waals surface area contributed by atoms with E-state index in [1.54, 1.807) is 7.11 Å². The van der Waals surface area contributed by atoms with Crippen LogP contribution in [0.3, 0.4) is 0 Å². The van der Waals surface area contributed by atoms with Gasteiger partial charge in [-0.3, -0.25) is 0 Å². The standard InChI is InChI=1S/C20H26ClNO2/c1-24-19-5-4-17(21)12-18(19)20(23)6-8-22(9-7-20)13-16-11-14-2-3-15(16)10-14/h2-5,12,14-16,23H,6-11,13H2,1H3/t14-,15-,16+/m0/s1. The molecule has 1 aliphatic heterocycles. The van der Waals surface area contributed by atoms with Gasteiger partial charge in [0.05, 0.1) is 12.7 Å². The summed E-state index contributed by atoms with van der Waals surface area (Å²) in [6.45, 7) is 3.04. The monoisotopic (exact) mass is 347 g/mol. The highest BCUT2D eigenvalue weighted by molar-refractivity contribution is 6.30. The van der Waals surface area contributed by atoms with Gasteiger partial charge in [-0.15, -0.1) is 0 Å². The summed E-state index contributed by atoms with van der Waals surface area (Å²) < 4.78 is 5.45. The quantitative estimate of drug-likeness (QED) is 0.840. The van der Waals surface area contributed by atoms with E-state index in [0.717, 1.165) is 55.0 Å². The molecule has 2 fully saturated rings. The molecular weight excluding hydrogens is 322 g/mol. The van der Waals surface area contributed by atoms with Gasteiger partial charge in [-0.25, -0.2) is 0 Å². The molecule has 0 unspecified atom stereocenters. The number of ether oxygens (including phenoxy) is 1. The van der Waals surface area contributed by atoms with Crippen LogP contribution in [0.1, 0.15) is 31.2 Å². The van der Waals surface area contributed by atoms with Crippen LogP contribution in [0.25, 0.3) is 0 Å². The van der Waals surface area contributed by atoms with E-state index in [1.807, 2.05) is 18.2 Å². The van der Waals surface area contributed by atoms with Crippen molar-refractivity contribution in [1.82, 2.24) is 4.90 Å². The fourth-order valence-corrected chi connectivity index (χ4v) is 5.03. The highest BCUT2D eigenvalue weighted by atomic mass is 35.5. The first-order valence-electron chi connectivity index (χ1n) is 9.04. The molecule has 0 spiro atoms. The van der Waals surface area contributed by atoms with Crippen LogP contribution in [0.5, 0.6) is 5.75 Å². The number of aliphatic hydroxyl groups is 1. The van der Waals surface area contributed by atoms with Gasteiger partial charge in [0.2, 0.25) is 0 Å². The zero-order chi connectivity index (χ0) is 16.7. The van der Waals surface area contributed by atoms with E-state index in [-0.39, 0.29) is 0 Å². The molecule has 4 heteroatoms. The van der Waals surface area contributed by atoms with E-state index >= 15 is 0 Å². The minimum absolute atomic E-state index is 0.649. The van der Waals surface area contributed by atoms with Gasteiger partial charge in [0.1, 0.15) is 5.75 Å². The first-order chi connectivity index (χ1) is 11.6. The van der Waals surface area contributed by atoms with Gasteiger partial charge >= 0.3 is 0 Å². The van der Waals surface area contributed by atoms with Crippen molar-refractivity contribution in [1.29, 1.82) is 0 Å². The minimum atomic E-state index is -0.832. The molecule has 4 rings (SSSR count). The number of likely N-dealkylation sites (tertiary alicyclic amines) is 1. The number of piperidine rings is 1. The summed E-state index contributed by atoms with van der Waals surface area (Å²) in [4.78, 5) is 2.53. The Morgan fingerprint density at radius 3 is 2.67 bits per heavy atom. The zero-order valence-electron chi connectivity index (χ0n) is 14.2. The maximum atomic E-state index is 11.2. The number of halogens is 1. The van der Waals surface area contributed by atoms with Gasteiger partial charge < -0.3 is 14.7 Å². The Kier molecular flexibility index (Phi) is 4.36. The number of methoxy groups -OCH3 is 1. The molecule has 0 radical (unpaired) electrons. The Balaban J connectivity index is 1.42. The van der Waals surface area contributed by atoms with Crippen LogP contribution < -0.4 is 4.74 Å². The summed E-state index contributed by atoms with van der Waals surface area (Å²) >= 11 is 6.15. The Morgan fingerprint density at radius 1 is 1.25 bits per heavy atom. The predicted octanol–water partition coefficient (Wildman–Crippen LogP) is 3.84. The molecule has 130 valence electrons. The van der Waals surface area contributed by atoms with Crippen molar-refractivity contribution in [2.24, 2.45) is 17.8 Å². The first kappa shape index (κ1) is 16.4. The molecule has 2 aliphatic carbocycles. The number of hydrogen-bond acceptors (Lipinski definition) is 3. The number of allylic oxidation sites excluding steroid dienone is 2. The van der Waals surface area contributed by atoms with Gasteiger partial charge in [0.15, 0.2) is 0 Å². The molecule has 24 heavy (non-hydrogen) atoms. The number of nitrogens with zero attached hydrogens (tertiary/aromatic N) is 1. The second kappa shape index (κ2) is 6.36. The third-order valence-electron chi connectivity index (χ3n) is 6.26. The summed E-state index contributed by atoms with van der Waals surface area (Å²) in [7, 11) is 1.65. The van der Waals surface area contributed by atoms with Crippen LogP contribution in [0.15, 0.2) is 30.4 Å². The molecule has 1 heterocycles. The largest absolute Gasteiger partial charge is 0.496 e. The van der Waals surface area contributed by atoms with E-state index in [2.05, 4.69) is 17.1 Å². The van der Waals surface area contributed by atoms with E-state index in [4.69, 9.17) is 16.3 Å². The molecule has 0 amide bonds. The van der Waals surface area contributed by atoms with Gasteiger partial charge in [-0.2, -0.15) is 0 Å². The van der Waals surface area contributed by atoms with Crippen LogP contribution in [-0.4, -0.2) is 36.8 Å². The maximum absolute atomic E-state index is 11.2. The molecule has 1 saturated heterocycles. The van der Waals surface area contributed by atoms with Gasteiger partial charge in [0.25, 0.3) is 0 Å². The predicted molar refractivity (Wildman–Crippen MR) is 96.4 cm³/mol. The highest BCUT2D eigenvalue weighted by Crippen LogP contribution is 2.45. The van der Waals surface area contributed by atoms with E-state index in [9.17, 15) is 5.11 Å². The highest BCUT2D eigenvalue weighted by Gasteiger charge is 2.40. The Hall–Kier alpha value is -1.03. The zero-order valence-corrected chi connectivity index (χ0v) is 15.0. The number of benzene rings is 1. The normalized spacial score (nSPS) is 31.5. The Bertz CT molecular complexity index is 637. The smallest absolute Gasteiger partial charge is 0.125 e. The minimum Gasteiger partial charge on any atom is -0.496 e. The summed E-state index contributed by atoms with van der Waals surface area (Å²) in [5.74, 6) is 3.17. The summed E-state index contributed by atoms with van der Waals surface area (Å²) in [6.07, 6.45) is 9.02. The lowest BCUT2D eigenvalue weighted by Crippen LogP contribution is -2.44. The summed E-state index contributed by atoms with van der Waals surface area (Å²) in [5.41, 5.74) is 0.00132. The van der Waals surface area contributed by atoms with Crippen molar-refractivity contribution in [3.63, 3.8) is 0 Å². The molecule has 2 bridgehead atoms. The van der Waals surface area contributed by atoms with E-state index < -0.39 is 5.60 Å². The summed E-state index contributed by atoms with van der Waals surface area (Å²) in [6, 6.07) is 5.52. The number of fused-ring (bicyclic) bond motifs is 2. The van der Waals surface area contributed by atoms with Crippen LogP contribution >= 0.6 is 11.6 Å². The molecular formula is C20H26ClNO2. The van der Waals surface area contributed by atoms with Crippen molar-refractivity contribution < 1.29 is 9.84 Å². The Labute approximate surface area is 149 Å².